The third-order valence-corrected chi connectivity index (χ3v) is 2.79. The van der Waals surface area contributed by atoms with Gasteiger partial charge in [-0.15, -0.1) is 0 Å². The zero-order valence-electron chi connectivity index (χ0n) is 12.1. The molecule has 0 saturated carbocycles. The Kier molecular flexibility index (Phi) is 4.45. The molecule has 20 heavy (non-hydrogen) atoms. The van der Waals surface area contributed by atoms with Gasteiger partial charge in [-0.2, -0.15) is 4.98 Å². The van der Waals surface area contributed by atoms with Crippen LogP contribution in [0.2, 0.25) is 0 Å². The number of anilines is 2. The molecule has 108 valence electrons. The molecular formula is C14H21N5O. The van der Waals surface area contributed by atoms with Gasteiger partial charge in [0.1, 0.15) is 11.6 Å². The second-order valence-electron chi connectivity index (χ2n) is 5.10. The molecule has 6 nitrogen and oxygen atoms in total. The fraction of sp³-hybridized carbons (Fsp3) is 0.429. The molecule has 3 N–H and O–H groups in total. The average Bonchev–Trinajstić information content (AvgIpc) is 2.81. The van der Waals surface area contributed by atoms with E-state index in [2.05, 4.69) is 29.1 Å². The Morgan fingerprint density at radius 1 is 1.40 bits per heavy atom. The van der Waals surface area contributed by atoms with Gasteiger partial charge >= 0.3 is 0 Å². The Balaban J connectivity index is 2.01. The van der Waals surface area contributed by atoms with E-state index in [9.17, 15) is 0 Å². The fourth-order valence-corrected chi connectivity index (χ4v) is 1.65. The molecule has 0 aliphatic rings. The van der Waals surface area contributed by atoms with Crippen molar-refractivity contribution in [2.45, 2.75) is 20.4 Å². The number of rotatable bonds is 6. The van der Waals surface area contributed by atoms with Gasteiger partial charge in [0, 0.05) is 19.4 Å². The van der Waals surface area contributed by atoms with E-state index in [0.29, 0.717) is 30.6 Å². The molecule has 2 aromatic rings. The van der Waals surface area contributed by atoms with Crippen molar-refractivity contribution in [1.82, 2.24) is 14.5 Å². The van der Waals surface area contributed by atoms with Gasteiger partial charge in [0.05, 0.1) is 18.8 Å². The highest BCUT2D eigenvalue weighted by Gasteiger charge is 2.06. The number of nitrogen functional groups attached to an aromatic ring is 1. The molecule has 6 heteroatoms. The van der Waals surface area contributed by atoms with Crippen LogP contribution in [0.15, 0.2) is 24.5 Å². The van der Waals surface area contributed by atoms with Crippen molar-refractivity contribution >= 4 is 11.5 Å². The summed E-state index contributed by atoms with van der Waals surface area (Å²) in [6.07, 6.45) is 3.68. The van der Waals surface area contributed by atoms with Gasteiger partial charge in [-0.1, -0.05) is 13.8 Å². The lowest BCUT2D eigenvalue weighted by atomic mass is 10.2. The van der Waals surface area contributed by atoms with E-state index >= 15 is 0 Å². The molecule has 0 aromatic carbocycles. The SMILES string of the molecule is CC(C)COc1nc(NCc2nccn2C)ccc1N. The van der Waals surface area contributed by atoms with Gasteiger partial charge in [0.15, 0.2) is 0 Å². The van der Waals surface area contributed by atoms with Crippen molar-refractivity contribution in [3.05, 3.63) is 30.4 Å². The molecule has 2 aromatic heterocycles. The van der Waals surface area contributed by atoms with E-state index in [4.69, 9.17) is 10.5 Å². The van der Waals surface area contributed by atoms with Crippen LogP contribution in [0.3, 0.4) is 0 Å². The minimum absolute atomic E-state index is 0.431. The van der Waals surface area contributed by atoms with Crippen LogP contribution >= 0.6 is 0 Å². The van der Waals surface area contributed by atoms with Crippen molar-refractivity contribution in [3.63, 3.8) is 0 Å². The Morgan fingerprint density at radius 3 is 2.85 bits per heavy atom. The van der Waals surface area contributed by atoms with Crippen LogP contribution in [-0.2, 0) is 13.6 Å². The van der Waals surface area contributed by atoms with Gasteiger partial charge < -0.3 is 20.4 Å². The van der Waals surface area contributed by atoms with Crippen molar-refractivity contribution in [2.24, 2.45) is 13.0 Å². The highest BCUT2D eigenvalue weighted by molar-refractivity contribution is 5.53. The molecule has 0 bridgehead atoms. The Labute approximate surface area is 119 Å². The van der Waals surface area contributed by atoms with E-state index in [-0.39, 0.29) is 0 Å². The monoisotopic (exact) mass is 275 g/mol. The summed E-state index contributed by atoms with van der Waals surface area (Å²) in [6.45, 7) is 5.36. The van der Waals surface area contributed by atoms with Crippen LogP contribution in [0.25, 0.3) is 0 Å². The highest BCUT2D eigenvalue weighted by atomic mass is 16.5. The van der Waals surface area contributed by atoms with Gasteiger partial charge in [-0.25, -0.2) is 4.98 Å². The number of nitrogens with one attached hydrogen (secondary N) is 1. The molecule has 0 fully saturated rings. The second kappa shape index (κ2) is 6.27. The first-order valence-corrected chi connectivity index (χ1v) is 6.65. The molecule has 0 radical (unpaired) electrons. The van der Waals surface area contributed by atoms with Crippen LogP contribution in [0.4, 0.5) is 11.5 Å². The summed E-state index contributed by atoms with van der Waals surface area (Å²) in [7, 11) is 1.96. The number of hydrogen-bond donors (Lipinski definition) is 2. The number of pyridine rings is 1. The van der Waals surface area contributed by atoms with Gasteiger partial charge in [0.25, 0.3) is 0 Å². The smallest absolute Gasteiger partial charge is 0.239 e. The number of aromatic nitrogens is 3. The first-order chi connectivity index (χ1) is 9.56. The maximum absolute atomic E-state index is 5.86. The lowest BCUT2D eigenvalue weighted by Gasteiger charge is -2.12. The first-order valence-electron chi connectivity index (χ1n) is 6.65. The number of nitrogens with zero attached hydrogens (tertiary/aromatic N) is 3. The van der Waals surface area contributed by atoms with E-state index in [1.54, 1.807) is 12.3 Å². The maximum Gasteiger partial charge on any atom is 0.239 e. The van der Waals surface area contributed by atoms with Crippen LogP contribution < -0.4 is 15.8 Å². The van der Waals surface area contributed by atoms with Gasteiger partial charge in [0.2, 0.25) is 5.88 Å². The summed E-state index contributed by atoms with van der Waals surface area (Å²) in [5, 5.41) is 3.21. The van der Waals surface area contributed by atoms with E-state index < -0.39 is 0 Å². The Morgan fingerprint density at radius 2 is 2.20 bits per heavy atom. The molecule has 0 aliphatic heterocycles. The second-order valence-corrected chi connectivity index (χ2v) is 5.10. The Bertz CT molecular complexity index is 564. The standard InChI is InChI=1S/C14H21N5O/c1-10(2)9-20-14-11(15)4-5-12(18-14)17-8-13-16-6-7-19(13)3/h4-7,10H,8-9,15H2,1-3H3,(H,17,18). The van der Waals surface area contributed by atoms with Crippen molar-refractivity contribution in [1.29, 1.82) is 0 Å². The molecule has 2 rings (SSSR count). The number of hydrogen-bond acceptors (Lipinski definition) is 5. The molecule has 0 saturated heterocycles. The molecule has 0 unspecified atom stereocenters. The number of imidazole rings is 1. The summed E-state index contributed by atoms with van der Waals surface area (Å²) in [6, 6.07) is 3.63. The molecular weight excluding hydrogens is 254 g/mol. The number of nitrogens with two attached hydrogens (primary N) is 1. The predicted octanol–water partition coefficient (Wildman–Crippen LogP) is 2.04. The molecule has 0 atom stereocenters. The quantitative estimate of drug-likeness (QED) is 0.843. The lowest BCUT2D eigenvalue weighted by Crippen LogP contribution is -2.10. The molecule has 2 heterocycles. The van der Waals surface area contributed by atoms with Gasteiger partial charge in [-0.3, -0.25) is 0 Å². The zero-order chi connectivity index (χ0) is 14.5. The van der Waals surface area contributed by atoms with Gasteiger partial charge in [-0.05, 0) is 18.1 Å². The molecule has 0 amide bonds. The third kappa shape index (κ3) is 3.63. The molecule has 0 aliphatic carbocycles. The van der Waals surface area contributed by atoms with Crippen molar-refractivity contribution in [3.8, 4) is 5.88 Å². The van der Waals surface area contributed by atoms with Crippen LogP contribution in [-0.4, -0.2) is 21.1 Å². The van der Waals surface area contributed by atoms with E-state index in [1.807, 2.05) is 23.9 Å². The summed E-state index contributed by atoms with van der Waals surface area (Å²) in [4.78, 5) is 8.63. The first kappa shape index (κ1) is 14.2. The molecule has 0 spiro atoms. The van der Waals surface area contributed by atoms with Crippen LogP contribution in [0.1, 0.15) is 19.7 Å². The average molecular weight is 275 g/mol. The maximum atomic E-state index is 5.86. The van der Waals surface area contributed by atoms with Crippen LogP contribution in [0.5, 0.6) is 5.88 Å². The summed E-state index contributed by atoms with van der Waals surface area (Å²) < 4.78 is 7.56. The fourth-order valence-electron chi connectivity index (χ4n) is 1.65. The largest absolute Gasteiger partial charge is 0.476 e. The predicted molar refractivity (Wildman–Crippen MR) is 79.5 cm³/mol. The summed E-state index contributed by atoms with van der Waals surface area (Å²) >= 11 is 0. The van der Waals surface area contributed by atoms with Crippen molar-refractivity contribution < 1.29 is 4.74 Å². The number of aryl methyl sites for hydroxylation is 1. The third-order valence-electron chi connectivity index (χ3n) is 2.79. The normalized spacial score (nSPS) is 10.8. The number of ether oxygens (including phenoxy) is 1. The Hall–Kier alpha value is -2.24. The van der Waals surface area contributed by atoms with E-state index in [0.717, 1.165) is 11.6 Å². The zero-order valence-corrected chi connectivity index (χ0v) is 12.1. The minimum atomic E-state index is 0.431. The highest BCUT2D eigenvalue weighted by Crippen LogP contribution is 2.21. The minimum Gasteiger partial charge on any atom is -0.476 e. The van der Waals surface area contributed by atoms with E-state index in [1.165, 1.54) is 0 Å². The van der Waals surface area contributed by atoms with Crippen LogP contribution in [0, 0.1) is 5.92 Å². The summed E-state index contributed by atoms with van der Waals surface area (Å²) in [5.74, 6) is 2.57. The lowest BCUT2D eigenvalue weighted by molar-refractivity contribution is 0.263. The summed E-state index contributed by atoms with van der Waals surface area (Å²) in [5.41, 5.74) is 6.41. The topological polar surface area (TPSA) is 78.0 Å². The van der Waals surface area contributed by atoms with Crippen molar-refractivity contribution in [2.75, 3.05) is 17.7 Å².